The molecule has 0 aromatic carbocycles. The van der Waals surface area contributed by atoms with Crippen molar-refractivity contribution in [3.05, 3.63) is 53.8 Å². The van der Waals surface area contributed by atoms with E-state index in [0.29, 0.717) is 36.2 Å². The lowest BCUT2D eigenvalue weighted by Crippen LogP contribution is -2.30. The molecular weight excluding hydrogens is 358 g/mol. The van der Waals surface area contributed by atoms with Crippen LogP contribution in [0.4, 0.5) is 17.5 Å². The highest BCUT2D eigenvalue weighted by Gasteiger charge is 2.23. The van der Waals surface area contributed by atoms with Crippen LogP contribution >= 0.6 is 0 Å². The van der Waals surface area contributed by atoms with Crippen molar-refractivity contribution in [2.75, 3.05) is 23.7 Å². The smallest absolute Gasteiger partial charge is 0.273 e. The zero-order valence-electron chi connectivity index (χ0n) is 15.3. The van der Waals surface area contributed by atoms with Crippen molar-refractivity contribution in [2.24, 2.45) is 0 Å². The van der Waals surface area contributed by atoms with Crippen LogP contribution in [0.15, 0.2) is 41.3 Å². The molecule has 1 aliphatic carbocycles. The summed E-state index contributed by atoms with van der Waals surface area (Å²) >= 11 is 0. The molecule has 0 atom stereocenters. The molecule has 0 aliphatic heterocycles. The number of nitrogens with one attached hydrogen (secondary N) is 3. The maximum atomic E-state index is 12.3. The number of anilines is 3. The van der Waals surface area contributed by atoms with E-state index in [-0.39, 0.29) is 5.91 Å². The molecular formula is C19H21N7O2. The molecule has 144 valence electrons. The highest BCUT2D eigenvalue weighted by molar-refractivity contribution is 5.93. The molecule has 3 aromatic heterocycles. The molecule has 0 radical (unpaired) electrons. The summed E-state index contributed by atoms with van der Waals surface area (Å²) < 4.78 is 5.29. The minimum Gasteiger partial charge on any atom is -0.368 e. The maximum Gasteiger partial charge on any atom is 0.273 e. The molecule has 0 spiro atoms. The summed E-state index contributed by atoms with van der Waals surface area (Å²) in [5, 5.41) is 13.1. The van der Waals surface area contributed by atoms with Crippen molar-refractivity contribution in [3.8, 4) is 0 Å². The highest BCUT2D eigenvalue weighted by atomic mass is 16.5. The number of fused-ring (bicyclic) bond motifs is 1. The fourth-order valence-electron chi connectivity index (χ4n) is 3.10. The molecule has 0 saturated heterocycles. The number of aryl methyl sites for hydroxylation is 1. The van der Waals surface area contributed by atoms with E-state index in [2.05, 4.69) is 36.1 Å². The van der Waals surface area contributed by atoms with Gasteiger partial charge in [-0.05, 0) is 31.4 Å². The van der Waals surface area contributed by atoms with E-state index in [9.17, 15) is 4.79 Å². The predicted octanol–water partition coefficient (Wildman–Crippen LogP) is 2.32. The molecule has 3 N–H and O–H groups in total. The summed E-state index contributed by atoms with van der Waals surface area (Å²) in [4.78, 5) is 24.9. The highest BCUT2D eigenvalue weighted by Crippen LogP contribution is 2.24. The number of hydrogen-bond donors (Lipinski definition) is 3. The van der Waals surface area contributed by atoms with E-state index in [1.165, 1.54) is 6.33 Å². The molecule has 9 heteroatoms. The SMILES string of the molecule is O=C(NCCNc1cc(Nc2ccccn2)ncn1)c1noc2c1CCCC2. The van der Waals surface area contributed by atoms with Crippen LogP contribution in [0, 0.1) is 0 Å². The van der Waals surface area contributed by atoms with Gasteiger partial charge in [0, 0.05) is 37.3 Å². The third kappa shape index (κ3) is 4.25. The van der Waals surface area contributed by atoms with E-state index in [4.69, 9.17) is 4.52 Å². The minimum atomic E-state index is -0.200. The molecule has 3 aromatic rings. The molecule has 3 heterocycles. The van der Waals surface area contributed by atoms with Crippen LogP contribution in [0.5, 0.6) is 0 Å². The number of nitrogens with zero attached hydrogens (tertiary/aromatic N) is 4. The topological polar surface area (TPSA) is 118 Å². The van der Waals surface area contributed by atoms with Crippen molar-refractivity contribution >= 4 is 23.4 Å². The maximum absolute atomic E-state index is 12.3. The normalized spacial score (nSPS) is 12.9. The Morgan fingerprint density at radius 2 is 1.93 bits per heavy atom. The Morgan fingerprint density at radius 3 is 2.82 bits per heavy atom. The summed E-state index contributed by atoms with van der Waals surface area (Å²) in [6.07, 6.45) is 7.04. The Morgan fingerprint density at radius 1 is 1.04 bits per heavy atom. The summed E-state index contributed by atoms with van der Waals surface area (Å²) in [7, 11) is 0. The van der Waals surface area contributed by atoms with Gasteiger partial charge in [0.2, 0.25) is 0 Å². The van der Waals surface area contributed by atoms with Crippen LogP contribution in [0.3, 0.4) is 0 Å². The number of amides is 1. The second kappa shape index (κ2) is 8.47. The lowest BCUT2D eigenvalue weighted by molar-refractivity contribution is 0.0945. The summed E-state index contributed by atoms with van der Waals surface area (Å²) in [6, 6.07) is 7.38. The average Bonchev–Trinajstić information content (AvgIpc) is 3.16. The third-order valence-electron chi connectivity index (χ3n) is 4.47. The first-order valence-corrected chi connectivity index (χ1v) is 9.29. The van der Waals surface area contributed by atoms with Crippen LogP contribution in [-0.2, 0) is 12.8 Å². The molecule has 9 nitrogen and oxygen atoms in total. The van der Waals surface area contributed by atoms with Crippen molar-refractivity contribution in [3.63, 3.8) is 0 Å². The van der Waals surface area contributed by atoms with Gasteiger partial charge in [-0.15, -0.1) is 0 Å². The third-order valence-corrected chi connectivity index (χ3v) is 4.47. The molecule has 28 heavy (non-hydrogen) atoms. The number of pyridine rings is 1. The van der Waals surface area contributed by atoms with E-state index in [1.54, 1.807) is 12.3 Å². The van der Waals surface area contributed by atoms with Crippen LogP contribution in [0.25, 0.3) is 0 Å². The van der Waals surface area contributed by atoms with Gasteiger partial charge >= 0.3 is 0 Å². The van der Waals surface area contributed by atoms with Gasteiger partial charge in [-0.25, -0.2) is 15.0 Å². The van der Waals surface area contributed by atoms with Crippen molar-refractivity contribution in [1.29, 1.82) is 0 Å². The number of carbonyl (C=O) groups excluding carboxylic acids is 1. The largest absolute Gasteiger partial charge is 0.368 e. The van der Waals surface area contributed by atoms with E-state index < -0.39 is 0 Å². The molecule has 1 amide bonds. The zero-order chi connectivity index (χ0) is 19.2. The second-order valence-electron chi connectivity index (χ2n) is 6.45. The van der Waals surface area contributed by atoms with Crippen LogP contribution in [0.1, 0.15) is 34.7 Å². The lowest BCUT2D eigenvalue weighted by atomic mass is 9.96. The summed E-state index contributed by atoms with van der Waals surface area (Å²) in [5.74, 6) is 2.64. The monoisotopic (exact) mass is 379 g/mol. The van der Waals surface area contributed by atoms with Gasteiger partial charge in [-0.1, -0.05) is 11.2 Å². The fourth-order valence-corrected chi connectivity index (χ4v) is 3.10. The Balaban J connectivity index is 1.27. The van der Waals surface area contributed by atoms with Gasteiger partial charge < -0.3 is 20.5 Å². The lowest BCUT2D eigenvalue weighted by Gasteiger charge is -2.10. The molecule has 0 bridgehead atoms. The molecule has 0 unspecified atom stereocenters. The molecule has 1 aliphatic rings. The van der Waals surface area contributed by atoms with Gasteiger partial charge in [0.05, 0.1) is 0 Å². The number of aromatic nitrogens is 4. The summed E-state index contributed by atoms with van der Waals surface area (Å²) in [6.45, 7) is 0.958. The van der Waals surface area contributed by atoms with Crippen LogP contribution in [-0.4, -0.2) is 39.1 Å². The first-order chi connectivity index (χ1) is 13.8. The van der Waals surface area contributed by atoms with Gasteiger partial charge in [0.25, 0.3) is 5.91 Å². The number of carbonyl (C=O) groups is 1. The Hall–Kier alpha value is -3.49. The number of rotatable bonds is 7. The fraction of sp³-hybridized carbons (Fsp3) is 0.316. The first kappa shape index (κ1) is 17.9. The predicted molar refractivity (Wildman–Crippen MR) is 104 cm³/mol. The van der Waals surface area contributed by atoms with E-state index >= 15 is 0 Å². The van der Waals surface area contributed by atoms with Crippen LogP contribution in [0.2, 0.25) is 0 Å². The molecule has 0 fully saturated rings. The average molecular weight is 379 g/mol. The first-order valence-electron chi connectivity index (χ1n) is 9.29. The van der Waals surface area contributed by atoms with Crippen molar-refractivity contribution in [1.82, 2.24) is 25.4 Å². The van der Waals surface area contributed by atoms with Crippen molar-refractivity contribution in [2.45, 2.75) is 25.7 Å². The minimum absolute atomic E-state index is 0.200. The van der Waals surface area contributed by atoms with Gasteiger partial charge in [0.1, 0.15) is 29.5 Å². The molecule has 4 rings (SSSR count). The van der Waals surface area contributed by atoms with Gasteiger partial charge in [0.15, 0.2) is 5.69 Å². The zero-order valence-corrected chi connectivity index (χ0v) is 15.3. The quantitative estimate of drug-likeness (QED) is 0.535. The second-order valence-corrected chi connectivity index (χ2v) is 6.45. The standard InChI is InChI=1S/C19H21N7O2/c27-19(18-13-5-1-2-6-14(13)28-26-18)22-10-9-21-16-11-17(24-12-23-16)25-15-7-3-4-8-20-15/h3-4,7-8,11-12H,1-2,5-6,9-10H2,(H,22,27)(H2,20,21,23,24,25). The van der Waals surface area contributed by atoms with Gasteiger partial charge in [-0.2, -0.15) is 0 Å². The van der Waals surface area contributed by atoms with Crippen molar-refractivity contribution < 1.29 is 9.32 Å². The summed E-state index contributed by atoms with van der Waals surface area (Å²) in [5.41, 5.74) is 1.37. The van der Waals surface area contributed by atoms with Crippen LogP contribution < -0.4 is 16.0 Å². The van der Waals surface area contributed by atoms with E-state index in [1.807, 2.05) is 18.2 Å². The Bertz CT molecular complexity index is 942. The molecule has 0 saturated carbocycles. The number of hydrogen-bond acceptors (Lipinski definition) is 8. The van der Waals surface area contributed by atoms with E-state index in [0.717, 1.165) is 37.0 Å². The van der Waals surface area contributed by atoms with Gasteiger partial charge in [-0.3, -0.25) is 4.79 Å². The Kier molecular flexibility index (Phi) is 5.41. The Labute approximate surface area is 162 Å².